The van der Waals surface area contributed by atoms with E-state index >= 15 is 0 Å². The van der Waals surface area contributed by atoms with E-state index in [1.807, 2.05) is 4.57 Å². The highest BCUT2D eigenvalue weighted by atomic mass is 16.5. The Bertz CT molecular complexity index is 410. The van der Waals surface area contributed by atoms with Gasteiger partial charge in [0.05, 0.1) is 26.0 Å². The Morgan fingerprint density at radius 2 is 2.19 bits per heavy atom. The Hall–Kier alpha value is -1.49. The molecule has 2 rings (SSSR count). The fraction of sp³-hybridized carbons (Fsp3) is 0.545. The van der Waals surface area contributed by atoms with Crippen molar-refractivity contribution in [2.45, 2.75) is 19.1 Å². The number of carbonyl (C=O) groups excluding carboxylic acids is 1. The fourth-order valence-electron chi connectivity index (χ4n) is 2.09. The van der Waals surface area contributed by atoms with E-state index in [1.165, 1.54) is 7.11 Å². The molecule has 1 atom stereocenters. The third-order valence-electron chi connectivity index (χ3n) is 2.90. The zero-order valence-corrected chi connectivity index (χ0v) is 9.65. The second kappa shape index (κ2) is 4.17. The van der Waals surface area contributed by atoms with Crippen LogP contribution in [-0.2, 0) is 22.4 Å². The van der Waals surface area contributed by atoms with Gasteiger partial charge in [-0.3, -0.25) is 0 Å². The molecule has 16 heavy (non-hydrogen) atoms. The van der Waals surface area contributed by atoms with Gasteiger partial charge < -0.3 is 18.8 Å². The van der Waals surface area contributed by atoms with Crippen LogP contribution in [0, 0.1) is 0 Å². The van der Waals surface area contributed by atoms with Crippen LogP contribution in [0.15, 0.2) is 6.20 Å². The molecule has 0 N–H and O–H groups in total. The third-order valence-corrected chi connectivity index (χ3v) is 2.90. The quantitative estimate of drug-likeness (QED) is 0.716. The van der Waals surface area contributed by atoms with E-state index in [4.69, 9.17) is 14.2 Å². The number of aromatic nitrogens is 1. The first kappa shape index (κ1) is 11.0. The maximum absolute atomic E-state index is 11.5. The fourth-order valence-corrected chi connectivity index (χ4v) is 2.09. The molecule has 1 aliphatic heterocycles. The van der Waals surface area contributed by atoms with Gasteiger partial charge in [0.25, 0.3) is 0 Å². The first-order valence-corrected chi connectivity index (χ1v) is 5.08. The lowest BCUT2D eigenvalue weighted by Crippen LogP contribution is -2.12. The summed E-state index contributed by atoms with van der Waals surface area (Å²) in [5.41, 5.74) is 1.48. The molecule has 5 heteroatoms. The van der Waals surface area contributed by atoms with Crippen molar-refractivity contribution in [1.29, 1.82) is 0 Å². The molecule has 0 spiro atoms. The van der Waals surface area contributed by atoms with Crippen LogP contribution in [0.25, 0.3) is 0 Å². The van der Waals surface area contributed by atoms with Crippen molar-refractivity contribution in [3.8, 4) is 5.75 Å². The second-order valence-corrected chi connectivity index (χ2v) is 3.73. The molecule has 0 saturated carbocycles. The maximum atomic E-state index is 11.5. The van der Waals surface area contributed by atoms with Gasteiger partial charge in [-0.1, -0.05) is 0 Å². The van der Waals surface area contributed by atoms with E-state index in [0.717, 1.165) is 18.7 Å². The lowest BCUT2D eigenvalue weighted by molar-refractivity contribution is 0.0596. The van der Waals surface area contributed by atoms with E-state index in [-0.39, 0.29) is 12.1 Å². The van der Waals surface area contributed by atoms with Crippen LogP contribution >= 0.6 is 0 Å². The van der Waals surface area contributed by atoms with Crippen molar-refractivity contribution in [3.05, 3.63) is 17.5 Å². The zero-order valence-electron chi connectivity index (χ0n) is 9.65. The number of ether oxygens (including phenoxy) is 3. The number of esters is 1. The van der Waals surface area contributed by atoms with Crippen molar-refractivity contribution in [1.82, 2.24) is 4.57 Å². The van der Waals surface area contributed by atoms with Crippen LogP contribution < -0.4 is 4.74 Å². The minimum Gasteiger partial charge on any atom is -0.494 e. The summed E-state index contributed by atoms with van der Waals surface area (Å²) in [6.45, 7) is 0.749. The minimum atomic E-state index is -0.368. The summed E-state index contributed by atoms with van der Waals surface area (Å²) in [6.07, 6.45) is 2.69. The largest absolute Gasteiger partial charge is 0.494 e. The average molecular weight is 225 g/mol. The van der Waals surface area contributed by atoms with Gasteiger partial charge in [-0.05, 0) is 0 Å². The Kier molecular flexibility index (Phi) is 2.87. The standard InChI is InChI=1S/C11H15NO4/c1-14-7-4-9-10(15-2)8(11(13)16-3)6-12(9)5-7/h6-7H,4-5H2,1-3H3/t7-/m1/s1. The molecule has 0 fully saturated rings. The molecule has 0 aliphatic carbocycles. The van der Waals surface area contributed by atoms with E-state index in [2.05, 4.69) is 0 Å². The Morgan fingerprint density at radius 3 is 2.75 bits per heavy atom. The van der Waals surface area contributed by atoms with Gasteiger partial charge in [-0.25, -0.2) is 4.79 Å². The molecular weight excluding hydrogens is 210 g/mol. The lowest BCUT2D eigenvalue weighted by atomic mass is 10.2. The second-order valence-electron chi connectivity index (χ2n) is 3.73. The predicted octanol–water partition coefficient (Wildman–Crippen LogP) is 0.854. The van der Waals surface area contributed by atoms with Crippen molar-refractivity contribution < 1.29 is 19.0 Å². The molecule has 0 amide bonds. The predicted molar refractivity (Wildman–Crippen MR) is 56.8 cm³/mol. The van der Waals surface area contributed by atoms with Gasteiger partial charge >= 0.3 is 5.97 Å². The summed E-state index contributed by atoms with van der Waals surface area (Å²) >= 11 is 0. The molecule has 1 aromatic rings. The summed E-state index contributed by atoms with van der Waals surface area (Å²) in [4.78, 5) is 11.5. The highest BCUT2D eigenvalue weighted by Gasteiger charge is 2.29. The molecule has 5 nitrogen and oxygen atoms in total. The van der Waals surface area contributed by atoms with Gasteiger partial charge in [-0.15, -0.1) is 0 Å². The van der Waals surface area contributed by atoms with E-state index < -0.39 is 0 Å². The van der Waals surface area contributed by atoms with Crippen LogP contribution in [0.1, 0.15) is 16.1 Å². The Balaban J connectivity index is 2.36. The van der Waals surface area contributed by atoms with E-state index in [1.54, 1.807) is 20.4 Å². The zero-order chi connectivity index (χ0) is 11.7. The van der Waals surface area contributed by atoms with E-state index in [9.17, 15) is 4.79 Å². The summed E-state index contributed by atoms with van der Waals surface area (Å²) in [7, 11) is 4.61. The SMILES string of the molecule is COC(=O)c1cn2c(c1OC)C[C@@H](OC)C2. The molecule has 88 valence electrons. The third kappa shape index (κ3) is 1.57. The molecule has 2 heterocycles. The highest BCUT2D eigenvalue weighted by Crippen LogP contribution is 2.32. The molecule has 0 radical (unpaired) electrons. The first-order valence-electron chi connectivity index (χ1n) is 5.08. The van der Waals surface area contributed by atoms with Crippen molar-refractivity contribution >= 4 is 5.97 Å². The summed E-state index contributed by atoms with van der Waals surface area (Å²) in [5, 5.41) is 0. The molecule has 0 unspecified atom stereocenters. The highest BCUT2D eigenvalue weighted by molar-refractivity contribution is 5.93. The molecular formula is C11H15NO4. The number of methoxy groups -OCH3 is 3. The maximum Gasteiger partial charge on any atom is 0.343 e. The first-order chi connectivity index (χ1) is 7.71. The normalized spacial score (nSPS) is 18.3. The summed E-state index contributed by atoms with van der Waals surface area (Å²) < 4.78 is 17.2. The van der Waals surface area contributed by atoms with Crippen LogP contribution in [0.2, 0.25) is 0 Å². The van der Waals surface area contributed by atoms with Gasteiger partial charge in [0.1, 0.15) is 5.56 Å². The number of rotatable bonds is 3. The summed E-state index contributed by atoms with van der Waals surface area (Å²) in [5.74, 6) is 0.235. The minimum absolute atomic E-state index is 0.163. The number of nitrogens with zero attached hydrogens (tertiary/aromatic N) is 1. The smallest absolute Gasteiger partial charge is 0.343 e. The summed E-state index contributed by atoms with van der Waals surface area (Å²) in [6, 6.07) is 0. The van der Waals surface area contributed by atoms with Crippen LogP contribution in [0.3, 0.4) is 0 Å². The van der Waals surface area contributed by atoms with Crippen LogP contribution in [-0.4, -0.2) is 38.0 Å². The van der Waals surface area contributed by atoms with Gasteiger partial charge in [-0.2, -0.15) is 0 Å². The number of hydrogen-bond acceptors (Lipinski definition) is 4. The molecule has 0 saturated heterocycles. The van der Waals surface area contributed by atoms with Gasteiger partial charge in [0, 0.05) is 26.3 Å². The van der Waals surface area contributed by atoms with Crippen LogP contribution in [0.5, 0.6) is 5.75 Å². The number of fused-ring (bicyclic) bond motifs is 1. The Morgan fingerprint density at radius 1 is 1.44 bits per heavy atom. The molecule has 1 aliphatic rings. The average Bonchev–Trinajstić information content (AvgIpc) is 2.83. The van der Waals surface area contributed by atoms with Crippen molar-refractivity contribution in [3.63, 3.8) is 0 Å². The Labute approximate surface area is 93.9 Å². The topological polar surface area (TPSA) is 49.7 Å². The molecule has 0 aromatic carbocycles. The van der Waals surface area contributed by atoms with Gasteiger partial charge in [0.2, 0.25) is 0 Å². The number of hydrogen-bond donors (Lipinski definition) is 0. The molecule has 1 aromatic heterocycles. The van der Waals surface area contributed by atoms with Crippen LogP contribution in [0.4, 0.5) is 0 Å². The lowest BCUT2D eigenvalue weighted by Gasteiger charge is -2.06. The van der Waals surface area contributed by atoms with Crippen molar-refractivity contribution in [2.24, 2.45) is 0 Å². The van der Waals surface area contributed by atoms with E-state index in [0.29, 0.717) is 11.3 Å². The monoisotopic (exact) mass is 225 g/mol. The van der Waals surface area contributed by atoms with Gasteiger partial charge in [0.15, 0.2) is 5.75 Å². The molecule has 0 bridgehead atoms. The number of carbonyl (C=O) groups is 1. The van der Waals surface area contributed by atoms with Crippen molar-refractivity contribution in [2.75, 3.05) is 21.3 Å².